The van der Waals surface area contributed by atoms with Gasteiger partial charge >= 0.3 is 0 Å². The Balaban J connectivity index is 1.04. The van der Waals surface area contributed by atoms with Gasteiger partial charge in [-0.1, -0.05) is 17.3 Å². The van der Waals surface area contributed by atoms with Crippen LogP contribution < -0.4 is 10.5 Å². The zero-order chi connectivity index (χ0) is 23.7. The van der Waals surface area contributed by atoms with E-state index in [9.17, 15) is 4.79 Å². The van der Waals surface area contributed by atoms with Crippen LogP contribution in [0.25, 0.3) is 22.3 Å². The fraction of sp³-hybridized carbons (Fsp3) is 0.333. The summed E-state index contributed by atoms with van der Waals surface area (Å²) in [5.74, 6) is 2.48. The monoisotopic (exact) mass is 469 g/mol. The van der Waals surface area contributed by atoms with Crippen molar-refractivity contribution in [3.8, 4) is 11.1 Å². The first kappa shape index (κ1) is 20.1. The lowest BCUT2D eigenvalue weighted by atomic mass is 10.1. The van der Waals surface area contributed by atoms with E-state index in [4.69, 9.17) is 4.52 Å². The molecule has 4 aromatic heterocycles. The maximum atomic E-state index is 12.8. The molecule has 0 bridgehead atoms. The Kier molecular flexibility index (Phi) is 4.23. The Labute approximate surface area is 199 Å². The van der Waals surface area contributed by atoms with Crippen molar-refractivity contribution in [2.45, 2.75) is 12.5 Å². The summed E-state index contributed by atoms with van der Waals surface area (Å²) >= 11 is 0. The highest BCUT2D eigenvalue weighted by molar-refractivity contribution is 5.69. The van der Waals surface area contributed by atoms with Crippen LogP contribution in [0.5, 0.6) is 0 Å². The minimum atomic E-state index is -0.179. The molecule has 5 aromatic rings. The fourth-order valence-electron chi connectivity index (χ4n) is 5.37. The summed E-state index contributed by atoms with van der Waals surface area (Å²) in [7, 11) is 3.71. The molecule has 0 amide bonds. The molecule has 0 N–H and O–H groups in total. The smallest absolute Gasteiger partial charge is 0.280 e. The van der Waals surface area contributed by atoms with Gasteiger partial charge in [-0.25, -0.2) is 9.97 Å². The second-order valence-electron chi connectivity index (χ2n) is 9.46. The first-order valence-corrected chi connectivity index (χ1v) is 11.6. The number of anilines is 1. The van der Waals surface area contributed by atoms with E-state index in [1.807, 2.05) is 24.1 Å². The molecule has 3 atom stereocenters. The second-order valence-corrected chi connectivity index (χ2v) is 9.46. The van der Waals surface area contributed by atoms with Gasteiger partial charge in [0.2, 0.25) is 5.89 Å². The van der Waals surface area contributed by atoms with Crippen LogP contribution in [-0.4, -0.2) is 52.1 Å². The van der Waals surface area contributed by atoms with Gasteiger partial charge in [0.05, 0.1) is 12.5 Å². The van der Waals surface area contributed by atoms with E-state index < -0.39 is 0 Å². The Bertz CT molecular complexity index is 1620. The number of aryl methyl sites for hydroxylation is 2. The number of benzene rings is 1. The average molecular weight is 470 g/mol. The SMILES string of the molecule is Cn1cc(-c2cccc(N3C[C@@H]4C(c5noc(Cn6cnc7ncn(C)c7c6=O)n5)[C@@H]4C3)c2)cn1. The molecule has 1 aliphatic carbocycles. The minimum Gasteiger partial charge on any atom is -0.371 e. The molecule has 7 rings (SSSR count). The Morgan fingerprint density at radius 3 is 2.71 bits per heavy atom. The second kappa shape index (κ2) is 7.36. The van der Waals surface area contributed by atoms with Crippen LogP contribution >= 0.6 is 0 Å². The number of hydrogen-bond donors (Lipinski definition) is 0. The van der Waals surface area contributed by atoms with Crippen LogP contribution in [0.15, 0.2) is 58.6 Å². The summed E-state index contributed by atoms with van der Waals surface area (Å²) < 4.78 is 10.5. The molecule has 2 aliphatic rings. The molecule has 1 saturated heterocycles. The molecule has 35 heavy (non-hydrogen) atoms. The third-order valence-corrected chi connectivity index (χ3v) is 7.23. The zero-order valence-electron chi connectivity index (χ0n) is 19.3. The van der Waals surface area contributed by atoms with Crippen LogP contribution in [0.1, 0.15) is 17.6 Å². The molecule has 1 saturated carbocycles. The van der Waals surface area contributed by atoms with Crippen molar-refractivity contribution < 1.29 is 4.52 Å². The van der Waals surface area contributed by atoms with Gasteiger partial charge in [0.25, 0.3) is 5.56 Å². The number of nitrogens with zero attached hydrogens (tertiary/aromatic N) is 9. The topological polar surface area (TPSA) is 113 Å². The molecule has 2 fully saturated rings. The van der Waals surface area contributed by atoms with Gasteiger partial charge in [-0.2, -0.15) is 10.1 Å². The molecule has 11 nitrogen and oxygen atoms in total. The van der Waals surface area contributed by atoms with Crippen LogP contribution in [0.2, 0.25) is 0 Å². The Morgan fingerprint density at radius 1 is 1.09 bits per heavy atom. The van der Waals surface area contributed by atoms with Crippen LogP contribution in [0.4, 0.5) is 5.69 Å². The van der Waals surface area contributed by atoms with E-state index in [0.29, 0.717) is 34.8 Å². The molecule has 5 heterocycles. The molecular weight excluding hydrogens is 446 g/mol. The van der Waals surface area contributed by atoms with Gasteiger partial charge in [0.15, 0.2) is 17.0 Å². The van der Waals surface area contributed by atoms with Crippen molar-refractivity contribution in [2.75, 3.05) is 18.0 Å². The number of imidazole rings is 1. The van der Waals surface area contributed by atoms with Crippen LogP contribution in [0.3, 0.4) is 0 Å². The van der Waals surface area contributed by atoms with Crippen molar-refractivity contribution in [1.82, 2.24) is 39.0 Å². The van der Waals surface area contributed by atoms with E-state index in [-0.39, 0.29) is 12.1 Å². The van der Waals surface area contributed by atoms with Crippen molar-refractivity contribution in [1.29, 1.82) is 0 Å². The maximum absolute atomic E-state index is 12.8. The summed E-state index contributed by atoms with van der Waals surface area (Å²) in [5, 5.41) is 8.53. The molecule has 176 valence electrons. The normalized spacial score (nSPS) is 21.1. The molecular formula is C24H23N9O2. The fourth-order valence-corrected chi connectivity index (χ4v) is 5.37. The lowest BCUT2D eigenvalue weighted by Crippen LogP contribution is -2.23. The molecule has 1 aliphatic heterocycles. The van der Waals surface area contributed by atoms with Crippen molar-refractivity contribution in [3.05, 3.63) is 71.4 Å². The third kappa shape index (κ3) is 3.26. The number of hydrogen-bond acceptors (Lipinski definition) is 8. The first-order chi connectivity index (χ1) is 17.0. The number of fused-ring (bicyclic) bond motifs is 2. The largest absolute Gasteiger partial charge is 0.371 e. The highest BCUT2D eigenvalue weighted by Crippen LogP contribution is 2.58. The van der Waals surface area contributed by atoms with Crippen molar-refractivity contribution in [2.24, 2.45) is 25.9 Å². The maximum Gasteiger partial charge on any atom is 0.280 e. The van der Waals surface area contributed by atoms with E-state index in [1.165, 1.54) is 22.1 Å². The Hall–Kier alpha value is -4.28. The standard InChI is InChI=1S/C24H23N9O2/c1-30-12-25-23-21(30)24(34)33(13-26-23)11-19-28-22(29-35-19)20-17-9-32(10-18(17)20)16-5-3-4-14(6-16)15-7-27-31(2)8-15/h3-8,12-13,17-18,20H,9-11H2,1-2H3/t17-,18+,20?. The van der Waals surface area contributed by atoms with Gasteiger partial charge in [0, 0.05) is 50.6 Å². The van der Waals surface area contributed by atoms with Gasteiger partial charge in [-0.15, -0.1) is 0 Å². The predicted octanol–water partition coefficient (Wildman–Crippen LogP) is 1.81. The van der Waals surface area contributed by atoms with Gasteiger partial charge in [-0.3, -0.25) is 14.0 Å². The van der Waals surface area contributed by atoms with Crippen molar-refractivity contribution >= 4 is 16.9 Å². The molecule has 11 heteroatoms. The molecule has 1 aromatic carbocycles. The van der Waals surface area contributed by atoms with Gasteiger partial charge < -0.3 is 14.0 Å². The predicted molar refractivity (Wildman–Crippen MR) is 127 cm³/mol. The summed E-state index contributed by atoms with van der Waals surface area (Å²) in [6.45, 7) is 2.13. The summed E-state index contributed by atoms with van der Waals surface area (Å²) in [6.07, 6.45) is 6.98. The van der Waals surface area contributed by atoms with Crippen molar-refractivity contribution in [3.63, 3.8) is 0 Å². The van der Waals surface area contributed by atoms with Gasteiger partial charge in [-0.05, 0) is 29.5 Å². The Morgan fingerprint density at radius 2 is 1.91 bits per heavy atom. The van der Waals surface area contributed by atoms with E-state index >= 15 is 0 Å². The van der Waals surface area contributed by atoms with E-state index in [0.717, 1.165) is 24.5 Å². The molecule has 0 radical (unpaired) electrons. The third-order valence-electron chi connectivity index (χ3n) is 7.23. The first-order valence-electron chi connectivity index (χ1n) is 11.6. The van der Waals surface area contributed by atoms with E-state index in [2.05, 4.69) is 54.4 Å². The lowest BCUT2D eigenvalue weighted by Gasteiger charge is -2.22. The summed E-state index contributed by atoms with van der Waals surface area (Å²) in [4.78, 5) is 28.2. The van der Waals surface area contributed by atoms with Crippen LogP contribution in [-0.2, 0) is 20.6 Å². The number of rotatable bonds is 5. The molecule has 1 unspecified atom stereocenters. The highest BCUT2D eigenvalue weighted by atomic mass is 16.5. The number of aromatic nitrogens is 8. The van der Waals surface area contributed by atoms with Gasteiger partial charge in [0.1, 0.15) is 12.9 Å². The quantitative estimate of drug-likeness (QED) is 0.383. The lowest BCUT2D eigenvalue weighted by molar-refractivity contribution is 0.363. The van der Waals surface area contributed by atoms with Crippen LogP contribution in [0, 0.1) is 11.8 Å². The minimum absolute atomic E-state index is 0.179. The zero-order valence-corrected chi connectivity index (χ0v) is 19.3. The summed E-state index contributed by atoms with van der Waals surface area (Å²) in [5.41, 5.74) is 4.22. The highest BCUT2D eigenvalue weighted by Gasteiger charge is 2.58. The summed E-state index contributed by atoms with van der Waals surface area (Å²) in [6, 6.07) is 8.61. The average Bonchev–Trinajstić information content (AvgIpc) is 3.43. The molecule has 0 spiro atoms. The van der Waals surface area contributed by atoms with E-state index in [1.54, 1.807) is 17.9 Å². The number of piperidine rings is 1.